The van der Waals surface area contributed by atoms with Crippen molar-refractivity contribution in [3.05, 3.63) is 106 Å². The number of hydrogen-bond acceptors (Lipinski definition) is 3. The number of benzene rings is 3. The third-order valence-corrected chi connectivity index (χ3v) is 6.80. The Morgan fingerprint density at radius 3 is 2.32 bits per heavy atom. The van der Waals surface area contributed by atoms with Crippen molar-refractivity contribution in [2.24, 2.45) is 0 Å². The lowest BCUT2D eigenvalue weighted by atomic mass is 10.0. The van der Waals surface area contributed by atoms with Crippen LogP contribution < -0.4 is 4.74 Å². The van der Waals surface area contributed by atoms with E-state index in [4.69, 9.17) is 16.3 Å². The molecule has 4 nitrogen and oxygen atoms in total. The molecule has 0 saturated heterocycles. The van der Waals surface area contributed by atoms with Crippen LogP contribution in [0.3, 0.4) is 0 Å². The normalized spacial score (nSPS) is 11.8. The van der Waals surface area contributed by atoms with Crippen LogP contribution in [0.5, 0.6) is 5.75 Å². The van der Waals surface area contributed by atoms with Gasteiger partial charge in [-0.05, 0) is 86.5 Å². The molecule has 0 atom stereocenters. The van der Waals surface area contributed by atoms with Crippen molar-refractivity contribution >= 4 is 22.6 Å². The Kier molecular flexibility index (Phi) is 6.61. The second kappa shape index (κ2) is 9.76. The smallest absolute Gasteiger partial charge is 0.417 e. The third-order valence-electron chi connectivity index (χ3n) is 6.45. The molecule has 0 bridgehead atoms. The van der Waals surface area contributed by atoms with Crippen molar-refractivity contribution < 1.29 is 22.3 Å². The predicted octanol–water partition coefficient (Wildman–Crippen LogP) is 8.40. The predicted molar refractivity (Wildman–Crippen MR) is 139 cm³/mol. The Hall–Kier alpha value is -3.91. The van der Waals surface area contributed by atoms with E-state index in [0.717, 1.165) is 17.2 Å². The maximum Gasteiger partial charge on any atom is 0.417 e. The molecule has 0 spiro atoms. The zero-order valence-electron chi connectivity index (χ0n) is 20.7. The van der Waals surface area contributed by atoms with Gasteiger partial charge >= 0.3 is 6.18 Å². The van der Waals surface area contributed by atoms with E-state index < -0.39 is 17.6 Å². The Morgan fingerprint density at radius 2 is 1.66 bits per heavy atom. The maximum absolute atomic E-state index is 14.2. The summed E-state index contributed by atoms with van der Waals surface area (Å²) in [7, 11) is 0. The number of hydrogen-bond donors (Lipinski definition) is 0. The van der Waals surface area contributed by atoms with Crippen LogP contribution in [0.15, 0.2) is 66.7 Å². The van der Waals surface area contributed by atoms with Crippen LogP contribution in [0.2, 0.25) is 5.02 Å². The van der Waals surface area contributed by atoms with Gasteiger partial charge < -0.3 is 4.74 Å². The lowest BCUT2D eigenvalue weighted by Crippen LogP contribution is -2.08. The van der Waals surface area contributed by atoms with Gasteiger partial charge in [0.2, 0.25) is 0 Å². The molecule has 2 heterocycles. The number of pyridine rings is 1. The van der Waals surface area contributed by atoms with Crippen LogP contribution in [0.4, 0.5) is 17.6 Å². The van der Waals surface area contributed by atoms with Gasteiger partial charge in [0, 0.05) is 11.1 Å². The number of nitrogens with zero attached hydrogens (tertiary/aromatic N) is 3. The highest BCUT2D eigenvalue weighted by Gasteiger charge is 2.36. The molecule has 3 aromatic carbocycles. The maximum atomic E-state index is 14.2. The highest BCUT2D eigenvalue weighted by atomic mass is 35.5. The third kappa shape index (κ3) is 4.84. The number of aryl methyl sites for hydroxylation is 3. The molecule has 38 heavy (non-hydrogen) atoms. The van der Waals surface area contributed by atoms with E-state index in [1.54, 1.807) is 37.3 Å². The topological polar surface area (TPSA) is 39.9 Å². The SMILES string of the molecule is Cc1ccc(-n2nc(C)c3c(C(F)(F)F)cc(-c4ccc(OCc5c(F)cccc5Cl)cc4)nc32)cc1C. The van der Waals surface area contributed by atoms with Crippen LogP contribution in [0.25, 0.3) is 28.0 Å². The zero-order valence-corrected chi connectivity index (χ0v) is 21.5. The molecule has 0 aliphatic rings. The van der Waals surface area contributed by atoms with Gasteiger partial charge in [0.25, 0.3) is 0 Å². The quantitative estimate of drug-likeness (QED) is 0.210. The van der Waals surface area contributed by atoms with Crippen molar-refractivity contribution in [3.63, 3.8) is 0 Å². The molecule has 2 aromatic heterocycles. The summed E-state index contributed by atoms with van der Waals surface area (Å²) in [4.78, 5) is 4.61. The zero-order chi connectivity index (χ0) is 27.2. The molecule has 0 N–H and O–H groups in total. The Morgan fingerprint density at radius 1 is 0.921 bits per heavy atom. The van der Waals surface area contributed by atoms with Gasteiger partial charge in [0.1, 0.15) is 18.2 Å². The first-order valence-electron chi connectivity index (χ1n) is 11.7. The Bertz CT molecular complexity index is 1640. The average molecular weight is 540 g/mol. The fraction of sp³-hybridized carbons (Fsp3) is 0.172. The number of halogens is 5. The molecular formula is C29H22ClF4N3O. The summed E-state index contributed by atoms with van der Waals surface area (Å²) in [5, 5.41) is 4.62. The summed E-state index contributed by atoms with van der Waals surface area (Å²) in [6.45, 7) is 5.34. The molecule has 0 radical (unpaired) electrons. The molecule has 5 aromatic rings. The molecule has 0 aliphatic heterocycles. The minimum Gasteiger partial charge on any atom is -0.489 e. The lowest BCUT2D eigenvalue weighted by Gasteiger charge is -2.13. The van der Waals surface area contributed by atoms with E-state index in [-0.39, 0.29) is 39.6 Å². The van der Waals surface area contributed by atoms with Crippen LogP contribution in [-0.2, 0) is 12.8 Å². The largest absolute Gasteiger partial charge is 0.489 e. The van der Waals surface area contributed by atoms with Crippen molar-refractivity contribution in [1.82, 2.24) is 14.8 Å². The number of aromatic nitrogens is 3. The first-order valence-corrected chi connectivity index (χ1v) is 12.1. The number of ether oxygens (including phenoxy) is 1. The number of fused-ring (bicyclic) bond motifs is 1. The Labute approximate surface area is 221 Å². The molecule has 194 valence electrons. The lowest BCUT2D eigenvalue weighted by molar-refractivity contribution is -0.136. The summed E-state index contributed by atoms with van der Waals surface area (Å²) in [6.07, 6.45) is -4.61. The van der Waals surface area contributed by atoms with Gasteiger partial charge in [-0.3, -0.25) is 0 Å². The van der Waals surface area contributed by atoms with Crippen molar-refractivity contribution in [1.29, 1.82) is 0 Å². The average Bonchev–Trinajstić information content (AvgIpc) is 3.21. The van der Waals surface area contributed by atoms with E-state index >= 15 is 0 Å². The van der Waals surface area contributed by atoms with Crippen LogP contribution in [0.1, 0.15) is 27.9 Å². The number of alkyl halides is 3. The highest BCUT2D eigenvalue weighted by molar-refractivity contribution is 6.31. The Balaban J connectivity index is 1.55. The summed E-state index contributed by atoms with van der Waals surface area (Å²) in [5.74, 6) is -0.0804. The summed E-state index contributed by atoms with van der Waals surface area (Å²) in [6, 6.07) is 17.4. The van der Waals surface area contributed by atoms with Crippen molar-refractivity contribution in [3.8, 4) is 22.7 Å². The standard InChI is InChI=1S/C29H22ClF4N3O/c1-16-7-10-20(13-17(16)2)37-28-27(18(3)36-37)23(29(32,33)34)14-26(35-28)19-8-11-21(12-9-19)38-15-22-24(30)5-4-6-25(22)31/h4-14H,15H2,1-3H3. The van der Waals surface area contributed by atoms with Crippen molar-refractivity contribution in [2.75, 3.05) is 0 Å². The fourth-order valence-electron chi connectivity index (χ4n) is 4.25. The van der Waals surface area contributed by atoms with Crippen LogP contribution >= 0.6 is 11.6 Å². The second-order valence-electron chi connectivity index (χ2n) is 9.03. The van der Waals surface area contributed by atoms with Gasteiger partial charge in [-0.2, -0.15) is 18.3 Å². The summed E-state index contributed by atoms with van der Waals surface area (Å²) >= 11 is 6.05. The first-order chi connectivity index (χ1) is 18.0. The van der Waals surface area contributed by atoms with Crippen LogP contribution in [0, 0.1) is 26.6 Å². The van der Waals surface area contributed by atoms with E-state index in [1.165, 1.54) is 16.8 Å². The molecule has 0 aliphatic carbocycles. The highest BCUT2D eigenvalue weighted by Crippen LogP contribution is 2.39. The van der Waals surface area contributed by atoms with Gasteiger partial charge in [-0.1, -0.05) is 23.7 Å². The monoisotopic (exact) mass is 539 g/mol. The van der Waals surface area contributed by atoms with E-state index in [9.17, 15) is 17.6 Å². The fourth-order valence-corrected chi connectivity index (χ4v) is 4.46. The van der Waals surface area contributed by atoms with Crippen molar-refractivity contribution in [2.45, 2.75) is 33.6 Å². The minimum absolute atomic E-state index is 0.0406. The first kappa shape index (κ1) is 25.7. The molecular weight excluding hydrogens is 518 g/mol. The van der Waals surface area contributed by atoms with Gasteiger partial charge in [0.05, 0.1) is 33.0 Å². The second-order valence-corrected chi connectivity index (χ2v) is 9.44. The summed E-state index contributed by atoms with van der Waals surface area (Å²) < 4.78 is 63.7. The van der Waals surface area contributed by atoms with E-state index in [2.05, 4.69) is 10.1 Å². The van der Waals surface area contributed by atoms with Crippen LogP contribution in [-0.4, -0.2) is 14.8 Å². The number of rotatable bonds is 5. The molecule has 9 heteroatoms. The molecule has 0 saturated carbocycles. The minimum atomic E-state index is -4.61. The molecule has 0 unspecified atom stereocenters. The van der Waals surface area contributed by atoms with Gasteiger partial charge in [-0.15, -0.1) is 0 Å². The van der Waals surface area contributed by atoms with E-state index in [0.29, 0.717) is 17.0 Å². The van der Waals surface area contributed by atoms with Gasteiger partial charge in [-0.25, -0.2) is 14.1 Å². The molecule has 0 fully saturated rings. The molecule has 5 rings (SSSR count). The van der Waals surface area contributed by atoms with E-state index in [1.807, 2.05) is 32.0 Å². The summed E-state index contributed by atoms with van der Waals surface area (Å²) in [5.41, 5.74) is 3.03. The van der Waals surface area contributed by atoms with Gasteiger partial charge in [0.15, 0.2) is 5.65 Å². The molecule has 0 amide bonds.